The summed E-state index contributed by atoms with van der Waals surface area (Å²) in [5.41, 5.74) is 4.08. The Morgan fingerprint density at radius 1 is 1.21 bits per heavy atom. The van der Waals surface area contributed by atoms with Gasteiger partial charge in [0.15, 0.2) is 0 Å². The smallest absolute Gasteiger partial charge is 0.140 e. The average Bonchev–Trinajstić information content (AvgIpc) is 2.94. The van der Waals surface area contributed by atoms with E-state index in [2.05, 4.69) is 35.7 Å². The quantitative estimate of drug-likeness (QED) is 0.629. The van der Waals surface area contributed by atoms with Crippen molar-refractivity contribution in [1.29, 1.82) is 0 Å². The van der Waals surface area contributed by atoms with Gasteiger partial charge in [-0.25, -0.2) is 4.98 Å². The number of hydrogen-bond donors (Lipinski definition) is 0. The van der Waals surface area contributed by atoms with Crippen molar-refractivity contribution < 1.29 is 9.47 Å². The standard InChI is InChI=1S/C20H26N2O2/c1-6-15(3)8-9-16(4)13-22-18(14-24-7-2)10-17-11-19(23-5)12-21-20(17)22/h8-12H,3-4,6-7,13-14H2,1-2,5H3/b9-8-. The van der Waals surface area contributed by atoms with Gasteiger partial charge in [-0.3, -0.25) is 0 Å². The van der Waals surface area contributed by atoms with Gasteiger partial charge in [-0.2, -0.15) is 0 Å². The molecule has 0 spiro atoms. The van der Waals surface area contributed by atoms with E-state index in [-0.39, 0.29) is 0 Å². The summed E-state index contributed by atoms with van der Waals surface area (Å²) in [6.45, 7) is 14.1. The Labute approximate surface area is 144 Å². The largest absolute Gasteiger partial charge is 0.495 e. The van der Waals surface area contributed by atoms with Crippen LogP contribution in [0.5, 0.6) is 5.75 Å². The molecule has 0 aliphatic heterocycles. The Morgan fingerprint density at radius 2 is 1.96 bits per heavy atom. The fourth-order valence-corrected chi connectivity index (χ4v) is 2.40. The summed E-state index contributed by atoms with van der Waals surface area (Å²) in [5, 5.41) is 1.04. The van der Waals surface area contributed by atoms with Crippen molar-refractivity contribution >= 4 is 11.0 Å². The van der Waals surface area contributed by atoms with E-state index in [9.17, 15) is 0 Å². The molecule has 0 radical (unpaired) electrons. The van der Waals surface area contributed by atoms with E-state index in [1.807, 2.05) is 25.1 Å². The molecule has 0 unspecified atom stereocenters. The van der Waals surface area contributed by atoms with Crippen molar-refractivity contribution in [1.82, 2.24) is 9.55 Å². The molecule has 0 aromatic carbocycles. The second kappa shape index (κ2) is 8.50. The maximum atomic E-state index is 5.60. The first kappa shape index (κ1) is 18.0. The van der Waals surface area contributed by atoms with Gasteiger partial charge in [0.25, 0.3) is 0 Å². The maximum Gasteiger partial charge on any atom is 0.140 e. The Hall–Kier alpha value is -2.33. The van der Waals surface area contributed by atoms with E-state index < -0.39 is 0 Å². The van der Waals surface area contributed by atoms with Crippen LogP contribution in [0.15, 0.2) is 54.8 Å². The Balaban J connectivity index is 2.33. The zero-order valence-electron chi connectivity index (χ0n) is 14.8. The zero-order chi connectivity index (χ0) is 17.5. The van der Waals surface area contributed by atoms with Crippen LogP contribution in [-0.2, 0) is 17.9 Å². The van der Waals surface area contributed by atoms with Gasteiger partial charge < -0.3 is 14.0 Å². The molecule has 2 rings (SSSR count). The lowest BCUT2D eigenvalue weighted by molar-refractivity contribution is 0.129. The topological polar surface area (TPSA) is 36.3 Å². The van der Waals surface area contributed by atoms with Gasteiger partial charge in [0, 0.05) is 24.2 Å². The molecule has 0 atom stereocenters. The summed E-state index contributed by atoms with van der Waals surface area (Å²) in [4.78, 5) is 4.54. The summed E-state index contributed by atoms with van der Waals surface area (Å²) >= 11 is 0. The third-order valence-electron chi connectivity index (χ3n) is 3.85. The summed E-state index contributed by atoms with van der Waals surface area (Å²) in [7, 11) is 1.65. The van der Waals surface area contributed by atoms with E-state index in [0.717, 1.165) is 40.0 Å². The van der Waals surface area contributed by atoms with Crippen molar-refractivity contribution in [2.75, 3.05) is 13.7 Å². The van der Waals surface area contributed by atoms with Crippen LogP contribution in [0, 0.1) is 0 Å². The molecule has 128 valence electrons. The summed E-state index contributed by atoms with van der Waals surface area (Å²) in [6, 6.07) is 4.09. The number of ether oxygens (including phenoxy) is 2. The Morgan fingerprint density at radius 3 is 2.62 bits per heavy atom. The lowest BCUT2D eigenvalue weighted by Gasteiger charge is -2.11. The first-order valence-corrected chi connectivity index (χ1v) is 8.22. The predicted octanol–water partition coefficient (Wildman–Crippen LogP) is 4.66. The first-order chi connectivity index (χ1) is 11.6. The minimum atomic E-state index is 0.549. The zero-order valence-corrected chi connectivity index (χ0v) is 14.8. The third-order valence-corrected chi connectivity index (χ3v) is 3.85. The molecule has 0 N–H and O–H groups in total. The minimum Gasteiger partial charge on any atom is -0.495 e. The molecule has 2 aromatic heterocycles. The molecule has 0 aliphatic carbocycles. The molecular formula is C20H26N2O2. The molecule has 0 aliphatic rings. The molecule has 2 aromatic rings. The minimum absolute atomic E-state index is 0.549. The van der Waals surface area contributed by atoms with E-state index >= 15 is 0 Å². The predicted molar refractivity (Wildman–Crippen MR) is 99.3 cm³/mol. The Kier molecular flexibility index (Phi) is 6.38. The molecule has 24 heavy (non-hydrogen) atoms. The molecule has 0 amide bonds. The number of rotatable bonds is 9. The summed E-state index contributed by atoms with van der Waals surface area (Å²) in [5.74, 6) is 0.751. The van der Waals surface area contributed by atoms with Crippen LogP contribution >= 0.6 is 0 Å². The average molecular weight is 326 g/mol. The number of methoxy groups -OCH3 is 1. The molecule has 4 heteroatoms. The monoisotopic (exact) mass is 326 g/mol. The number of aromatic nitrogens is 2. The fraction of sp³-hybridized carbons (Fsp3) is 0.350. The van der Waals surface area contributed by atoms with E-state index in [1.165, 1.54) is 0 Å². The molecule has 2 heterocycles. The van der Waals surface area contributed by atoms with Crippen LogP contribution in [0.25, 0.3) is 11.0 Å². The lowest BCUT2D eigenvalue weighted by Crippen LogP contribution is -2.06. The highest BCUT2D eigenvalue weighted by Crippen LogP contribution is 2.24. The van der Waals surface area contributed by atoms with Gasteiger partial charge in [-0.1, -0.05) is 37.8 Å². The van der Waals surface area contributed by atoms with E-state index in [4.69, 9.17) is 9.47 Å². The van der Waals surface area contributed by atoms with Crippen LogP contribution in [0.3, 0.4) is 0 Å². The molecule has 0 fully saturated rings. The molecule has 4 nitrogen and oxygen atoms in total. The number of nitrogens with zero attached hydrogens (tertiary/aromatic N) is 2. The van der Waals surface area contributed by atoms with Crippen LogP contribution in [0.1, 0.15) is 26.0 Å². The lowest BCUT2D eigenvalue weighted by atomic mass is 10.2. The number of hydrogen-bond acceptors (Lipinski definition) is 3. The summed E-state index contributed by atoms with van der Waals surface area (Å²) < 4.78 is 13.0. The van der Waals surface area contributed by atoms with Crippen LogP contribution in [-0.4, -0.2) is 23.3 Å². The third kappa shape index (κ3) is 4.36. The number of allylic oxidation sites excluding steroid dienone is 4. The normalized spacial score (nSPS) is 11.3. The van der Waals surface area contributed by atoms with E-state index in [0.29, 0.717) is 19.8 Å². The highest BCUT2D eigenvalue weighted by atomic mass is 16.5. The molecule has 0 bridgehead atoms. The van der Waals surface area contributed by atoms with Gasteiger partial charge in [0.05, 0.1) is 19.9 Å². The number of fused-ring (bicyclic) bond motifs is 1. The highest BCUT2D eigenvalue weighted by molar-refractivity contribution is 5.79. The SMILES string of the molecule is C=C(/C=C\C(=C)Cn1c(COCC)cc2cc(OC)cnc21)CC. The summed E-state index contributed by atoms with van der Waals surface area (Å²) in [6.07, 6.45) is 6.71. The van der Waals surface area contributed by atoms with Crippen molar-refractivity contribution in [2.45, 2.75) is 33.4 Å². The van der Waals surface area contributed by atoms with Gasteiger partial charge in [0.1, 0.15) is 11.4 Å². The van der Waals surface area contributed by atoms with E-state index in [1.54, 1.807) is 13.3 Å². The number of pyridine rings is 1. The van der Waals surface area contributed by atoms with Crippen molar-refractivity contribution in [3.63, 3.8) is 0 Å². The molecular weight excluding hydrogens is 300 g/mol. The first-order valence-electron chi connectivity index (χ1n) is 8.22. The second-order valence-corrected chi connectivity index (χ2v) is 5.65. The van der Waals surface area contributed by atoms with Crippen molar-refractivity contribution in [2.24, 2.45) is 0 Å². The van der Waals surface area contributed by atoms with Crippen LogP contribution in [0.4, 0.5) is 0 Å². The van der Waals surface area contributed by atoms with Gasteiger partial charge in [0.2, 0.25) is 0 Å². The van der Waals surface area contributed by atoms with Crippen LogP contribution < -0.4 is 4.74 Å². The fourth-order valence-electron chi connectivity index (χ4n) is 2.40. The second-order valence-electron chi connectivity index (χ2n) is 5.65. The van der Waals surface area contributed by atoms with Crippen molar-refractivity contribution in [3.05, 3.63) is 60.5 Å². The van der Waals surface area contributed by atoms with Crippen LogP contribution in [0.2, 0.25) is 0 Å². The van der Waals surface area contributed by atoms with Gasteiger partial charge in [-0.15, -0.1) is 0 Å². The molecule has 0 saturated heterocycles. The highest BCUT2D eigenvalue weighted by Gasteiger charge is 2.11. The Bertz CT molecular complexity index is 756. The molecule has 0 saturated carbocycles. The van der Waals surface area contributed by atoms with Gasteiger partial charge >= 0.3 is 0 Å². The van der Waals surface area contributed by atoms with Gasteiger partial charge in [-0.05, 0) is 31.1 Å². The maximum absolute atomic E-state index is 5.60. The van der Waals surface area contributed by atoms with Crippen molar-refractivity contribution in [3.8, 4) is 5.75 Å².